The van der Waals surface area contributed by atoms with Crippen LogP contribution < -0.4 is 0 Å². The van der Waals surface area contributed by atoms with E-state index < -0.39 is 51.1 Å². The lowest BCUT2D eigenvalue weighted by Gasteiger charge is -2.64. The maximum absolute atomic E-state index is 12.7. The van der Waals surface area contributed by atoms with Crippen molar-refractivity contribution >= 4 is 46.4 Å². The Morgan fingerprint density at radius 1 is 1.27 bits per heavy atom. The first-order chi connectivity index (χ1) is 13.8. The molecule has 0 spiro atoms. The molecule has 4 aliphatic carbocycles. The summed E-state index contributed by atoms with van der Waals surface area (Å²) in [5.74, 6) is -1.93. The maximum Gasteiger partial charge on any atom is 0.196 e. The summed E-state index contributed by atoms with van der Waals surface area (Å²) in [6.07, 6.45) is 2.94. The second-order valence-corrected chi connectivity index (χ2v) is 11.5. The Bertz CT molecular complexity index is 886. The maximum atomic E-state index is 12.7. The second-order valence-electron chi connectivity index (χ2n) is 9.93. The van der Waals surface area contributed by atoms with Gasteiger partial charge in [-0.05, 0) is 48.7 Å². The number of alkyl halides is 2. The highest BCUT2D eigenvalue weighted by atomic mass is 35.5. The summed E-state index contributed by atoms with van der Waals surface area (Å²) in [6, 6.07) is 0. The van der Waals surface area contributed by atoms with E-state index in [0.717, 1.165) is 0 Å². The molecule has 30 heavy (non-hydrogen) atoms. The Hall–Kier alpha value is -0.430. The van der Waals surface area contributed by atoms with E-state index in [1.165, 1.54) is 6.08 Å². The number of hydrogen-bond donors (Lipinski definition) is 3. The number of carbonyl (C=O) groups excluding carboxylic acids is 2. The number of hydrogen-bond acceptors (Lipinski definition) is 5. The van der Waals surface area contributed by atoms with Gasteiger partial charge in [-0.15, -0.1) is 23.2 Å². The van der Waals surface area contributed by atoms with Crippen LogP contribution >= 0.6 is 34.8 Å². The van der Waals surface area contributed by atoms with Crippen molar-refractivity contribution in [1.82, 2.24) is 0 Å². The summed E-state index contributed by atoms with van der Waals surface area (Å²) in [6.45, 7) is 4.68. The molecule has 0 aromatic carbocycles. The zero-order chi connectivity index (χ0) is 22.4. The summed E-state index contributed by atoms with van der Waals surface area (Å²) < 4.78 is 0. The van der Waals surface area contributed by atoms with Crippen LogP contribution in [0.25, 0.3) is 0 Å². The minimum Gasteiger partial charge on any atom is -0.391 e. The molecule has 3 saturated carbocycles. The van der Waals surface area contributed by atoms with Crippen LogP contribution in [0, 0.1) is 28.6 Å². The molecule has 0 bridgehead atoms. The number of allylic oxidation sites excluding steroid dienone is 4. The molecule has 4 rings (SSSR count). The molecule has 0 aliphatic heterocycles. The highest BCUT2D eigenvalue weighted by Crippen LogP contribution is 2.72. The van der Waals surface area contributed by atoms with Crippen molar-refractivity contribution in [1.29, 1.82) is 0 Å². The van der Waals surface area contributed by atoms with Gasteiger partial charge in [0.1, 0.15) is 12.2 Å². The van der Waals surface area contributed by atoms with E-state index in [-0.39, 0.29) is 29.1 Å². The molecule has 0 aromatic heterocycles. The normalized spacial score (nSPS) is 52.7. The van der Waals surface area contributed by atoms with Crippen molar-refractivity contribution in [3.05, 3.63) is 22.8 Å². The van der Waals surface area contributed by atoms with Gasteiger partial charge in [0.25, 0.3) is 0 Å². The van der Waals surface area contributed by atoms with Gasteiger partial charge in [0.15, 0.2) is 11.6 Å². The molecular formula is C22H27Cl3O5. The highest BCUT2D eigenvalue weighted by Gasteiger charge is 2.75. The molecule has 5 nitrogen and oxygen atoms in total. The Morgan fingerprint density at radius 2 is 1.90 bits per heavy atom. The quantitative estimate of drug-likeness (QED) is 0.532. The van der Waals surface area contributed by atoms with Gasteiger partial charge in [-0.25, -0.2) is 0 Å². The fourth-order valence-corrected chi connectivity index (χ4v) is 8.80. The van der Waals surface area contributed by atoms with E-state index in [1.54, 1.807) is 19.9 Å². The van der Waals surface area contributed by atoms with Gasteiger partial charge in [0.05, 0.1) is 21.4 Å². The number of aliphatic hydroxyl groups excluding tert-OH is 2. The molecule has 3 fully saturated rings. The standard InChI is InChI=1S/C22H27Cl3O5/c1-10-6-11-12-7-13(23)17-18(24)14(27)4-5-19(17,2)21(12,25)15(28)8-20(11,3)22(10,30)16(29)9-26/h4-5,10-13,15,26,28,30H,6-9H2,1-3H3/t10?,11-,12-,13?,15?,19-,20-,21-,22-/m0/s1. The molecule has 0 aromatic rings. The van der Waals surface area contributed by atoms with Gasteiger partial charge in [0.2, 0.25) is 0 Å². The van der Waals surface area contributed by atoms with Crippen LogP contribution in [-0.4, -0.2) is 55.4 Å². The average Bonchev–Trinajstić information content (AvgIpc) is 2.88. The highest BCUT2D eigenvalue weighted by molar-refractivity contribution is 6.46. The summed E-state index contributed by atoms with van der Waals surface area (Å²) in [7, 11) is 0. The van der Waals surface area contributed by atoms with Gasteiger partial charge in [-0.1, -0.05) is 38.4 Å². The third-order valence-corrected chi connectivity index (χ3v) is 10.6. The zero-order valence-corrected chi connectivity index (χ0v) is 19.4. The number of ketones is 2. The monoisotopic (exact) mass is 476 g/mol. The number of aliphatic hydroxyl groups is 3. The largest absolute Gasteiger partial charge is 0.391 e. The van der Waals surface area contributed by atoms with E-state index in [1.807, 2.05) is 6.92 Å². The summed E-state index contributed by atoms with van der Waals surface area (Å²) in [4.78, 5) is 23.7. The predicted octanol–water partition coefficient (Wildman–Crippen LogP) is 2.95. The van der Waals surface area contributed by atoms with E-state index in [9.17, 15) is 24.9 Å². The van der Waals surface area contributed by atoms with Crippen molar-refractivity contribution in [2.24, 2.45) is 28.6 Å². The molecule has 166 valence electrons. The van der Waals surface area contributed by atoms with E-state index in [0.29, 0.717) is 18.4 Å². The van der Waals surface area contributed by atoms with Crippen LogP contribution in [0.15, 0.2) is 22.8 Å². The third kappa shape index (κ3) is 2.37. The summed E-state index contributed by atoms with van der Waals surface area (Å²) in [5, 5.41) is 32.0. The van der Waals surface area contributed by atoms with Gasteiger partial charge in [0, 0.05) is 10.8 Å². The van der Waals surface area contributed by atoms with Crippen LogP contribution in [0.4, 0.5) is 0 Å². The fourth-order valence-electron chi connectivity index (χ4n) is 7.35. The molecular weight excluding hydrogens is 451 g/mol. The Balaban J connectivity index is 1.89. The SMILES string of the molecule is CC1C[C@H]2[C@@H]3CC(Cl)C4=C(Cl)C(=O)C=C[C@]4(C)[C@@]3(Cl)C(O)C[C@]2(C)[C@@]1(O)C(=O)CO. The Kier molecular flexibility index (Phi) is 5.15. The van der Waals surface area contributed by atoms with Crippen molar-refractivity contribution < 1.29 is 24.9 Å². The molecule has 4 aliphatic rings. The van der Waals surface area contributed by atoms with Crippen LogP contribution in [0.1, 0.15) is 40.0 Å². The molecule has 9 atom stereocenters. The van der Waals surface area contributed by atoms with E-state index in [4.69, 9.17) is 34.8 Å². The Morgan fingerprint density at radius 3 is 2.50 bits per heavy atom. The number of Topliss-reactive ketones (excluding diaryl/α,β-unsaturated/α-hetero) is 1. The summed E-state index contributed by atoms with van der Waals surface area (Å²) in [5.41, 5.74) is -3.16. The minimum absolute atomic E-state index is 0.0470. The number of rotatable bonds is 2. The van der Waals surface area contributed by atoms with Crippen molar-refractivity contribution in [3.8, 4) is 0 Å². The lowest BCUT2D eigenvalue weighted by Crippen LogP contribution is -2.70. The number of halogens is 3. The van der Waals surface area contributed by atoms with Gasteiger partial charge >= 0.3 is 0 Å². The topological polar surface area (TPSA) is 94.8 Å². The van der Waals surface area contributed by atoms with Crippen LogP contribution in [0.3, 0.4) is 0 Å². The first-order valence-electron chi connectivity index (χ1n) is 10.3. The average molecular weight is 478 g/mol. The number of carbonyl (C=O) groups is 2. The lowest BCUT2D eigenvalue weighted by molar-refractivity contribution is -0.179. The second kappa shape index (κ2) is 6.79. The Labute approximate surface area is 191 Å². The summed E-state index contributed by atoms with van der Waals surface area (Å²) >= 11 is 20.5. The van der Waals surface area contributed by atoms with Crippen LogP contribution in [0.2, 0.25) is 0 Å². The lowest BCUT2D eigenvalue weighted by atomic mass is 9.45. The van der Waals surface area contributed by atoms with Crippen LogP contribution in [0.5, 0.6) is 0 Å². The third-order valence-electron chi connectivity index (χ3n) is 8.86. The molecule has 0 radical (unpaired) electrons. The van der Waals surface area contributed by atoms with E-state index >= 15 is 0 Å². The first kappa shape index (κ1) is 22.8. The fraction of sp³-hybridized carbons (Fsp3) is 0.727. The van der Waals surface area contributed by atoms with Gasteiger partial charge < -0.3 is 15.3 Å². The molecule has 0 amide bonds. The predicted molar refractivity (Wildman–Crippen MR) is 115 cm³/mol. The van der Waals surface area contributed by atoms with Crippen LogP contribution in [-0.2, 0) is 9.59 Å². The first-order valence-corrected chi connectivity index (χ1v) is 11.5. The smallest absolute Gasteiger partial charge is 0.196 e. The number of fused-ring (bicyclic) bond motifs is 5. The molecule has 0 heterocycles. The molecule has 8 heteroatoms. The molecule has 0 saturated heterocycles. The van der Waals surface area contributed by atoms with Gasteiger partial charge in [-0.2, -0.15) is 0 Å². The zero-order valence-electron chi connectivity index (χ0n) is 17.2. The molecule has 3 N–H and O–H groups in total. The van der Waals surface area contributed by atoms with Gasteiger partial charge in [-0.3, -0.25) is 9.59 Å². The van der Waals surface area contributed by atoms with Crippen molar-refractivity contribution in [2.45, 2.75) is 62.0 Å². The molecule has 3 unspecified atom stereocenters. The van der Waals surface area contributed by atoms with Crippen molar-refractivity contribution in [2.75, 3.05) is 6.61 Å². The van der Waals surface area contributed by atoms with E-state index in [2.05, 4.69) is 0 Å². The van der Waals surface area contributed by atoms with Crippen molar-refractivity contribution in [3.63, 3.8) is 0 Å². The minimum atomic E-state index is -1.76.